The summed E-state index contributed by atoms with van der Waals surface area (Å²) in [5.41, 5.74) is 3.71. The van der Waals surface area contributed by atoms with Crippen LogP contribution in [-0.4, -0.2) is 12.2 Å². The number of hydrogen-bond donors (Lipinski definition) is 1. The van der Waals surface area contributed by atoms with Crippen LogP contribution in [0.4, 0.5) is 5.69 Å². The van der Waals surface area contributed by atoms with Gasteiger partial charge in [0, 0.05) is 16.1 Å². The first kappa shape index (κ1) is 15.4. The van der Waals surface area contributed by atoms with E-state index in [-0.39, 0.29) is 5.91 Å². The molecule has 114 valence electrons. The molecule has 0 saturated heterocycles. The molecule has 3 aromatic carbocycles. The van der Waals surface area contributed by atoms with Crippen molar-refractivity contribution in [1.82, 2.24) is 0 Å². The predicted molar refractivity (Wildman–Crippen MR) is 98.1 cm³/mol. The summed E-state index contributed by atoms with van der Waals surface area (Å²) < 4.78 is 0. The van der Waals surface area contributed by atoms with E-state index in [2.05, 4.69) is 17.4 Å². The molecule has 1 amide bonds. The smallest absolute Gasteiger partial charge is 0.255 e. The number of anilines is 1. The maximum absolute atomic E-state index is 12.3. The number of rotatable bonds is 4. The van der Waals surface area contributed by atoms with Crippen molar-refractivity contribution < 1.29 is 4.79 Å². The molecule has 0 aliphatic rings. The van der Waals surface area contributed by atoms with Crippen molar-refractivity contribution in [2.24, 2.45) is 0 Å². The summed E-state index contributed by atoms with van der Waals surface area (Å²) in [6, 6.07) is 25.6. The van der Waals surface area contributed by atoms with E-state index < -0.39 is 0 Å². The average Bonchev–Trinajstić information content (AvgIpc) is 2.63. The van der Waals surface area contributed by atoms with Crippen molar-refractivity contribution >= 4 is 23.4 Å². The van der Waals surface area contributed by atoms with Crippen LogP contribution in [0.1, 0.15) is 10.4 Å². The molecule has 0 aliphatic heterocycles. The molecule has 2 nitrogen and oxygen atoms in total. The Morgan fingerprint density at radius 1 is 0.783 bits per heavy atom. The van der Waals surface area contributed by atoms with Gasteiger partial charge in [0.25, 0.3) is 5.91 Å². The topological polar surface area (TPSA) is 29.1 Å². The van der Waals surface area contributed by atoms with E-state index in [0.29, 0.717) is 5.56 Å². The van der Waals surface area contributed by atoms with E-state index in [1.807, 2.05) is 73.0 Å². The molecule has 0 aliphatic carbocycles. The first-order valence-corrected chi connectivity index (χ1v) is 8.59. The lowest BCUT2D eigenvalue weighted by atomic mass is 10.0. The van der Waals surface area contributed by atoms with E-state index in [0.717, 1.165) is 16.8 Å². The van der Waals surface area contributed by atoms with Gasteiger partial charge >= 0.3 is 0 Å². The van der Waals surface area contributed by atoms with E-state index in [1.54, 1.807) is 11.8 Å². The fraction of sp³-hybridized carbons (Fsp3) is 0.0500. The summed E-state index contributed by atoms with van der Waals surface area (Å²) in [6.07, 6.45) is 2.03. The number of nitrogens with one attached hydrogen (secondary N) is 1. The van der Waals surface area contributed by atoms with Crippen LogP contribution in [-0.2, 0) is 0 Å². The molecule has 0 saturated carbocycles. The van der Waals surface area contributed by atoms with Crippen LogP contribution in [0.3, 0.4) is 0 Å². The highest BCUT2D eigenvalue weighted by atomic mass is 32.2. The first-order valence-electron chi connectivity index (χ1n) is 7.37. The average molecular weight is 319 g/mol. The van der Waals surface area contributed by atoms with Crippen molar-refractivity contribution in [3.63, 3.8) is 0 Å². The number of carbonyl (C=O) groups excluding carboxylic acids is 1. The van der Waals surface area contributed by atoms with Gasteiger partial charge < -0.3 is 5.32 Å². The van der Waals surface area contributed by atoms with E-state index in [9.17, 15) is 4.79 Å². The third-order valence-corrected chi connectivity index (χ3v) is 4.35. The zero-order chi connectivity index (χ0) is 16.1. The molecule has 0 radical (unpaired) electrons. The SMILES string of the molecule is CSc1ccc(NC(=O)c2ccc(-c3ccccc3)cc2)cc1. The molecule has 0 atom stereocenters. The van der Waals surface area contributed by atoms with Gasteiger partial charge in [0.15, 0.2) is 0 Å². The van der Waals surface area contributed by atoms with Gasteiger partial charge in [0.1, 0.15) is 0 Å². The lowest BCUT2D eigenvalue weighted by Crippen LogP contribution is -2.11. The van der Waals surface area contributed by atoms with Crippen LogP contribution in [0.25, 0.3) is 11.1 Å². The normalized spacial score (nSPS) is 10.3. The number of amides is 1. The summed E-state index contributed by atoms with van der Waals surface area (Å²) in [4.78, 5) is 13.5. The van der Waals surface area contributed by atoms with Crippen molar-refractivity contribution in [1.29, 1.82) is 0 Å². The van der Waals surface area contributed by atoms with Crippen LogP contribution in [0.2, 0.25) is 0 Å². The van der Waals surface area contributed by atoms with Crippen molar-refractivity contribution in [3.8, 4) is 11.1 Å². The highest BCUT2D eigenvalue weighted by Gasteiger charge is 2.06. The van der Waals surface area contributed by atoms with E-state index >= 15 is 0 Å². The molecule has 0 spiro atoms. The fourth-order valence-electron chi connectivity index (χ4n) is 2.32. The number of hydrogen-bond acceptors (Lipinski definition) is 2. The van der Waals surface area contributed by atoms with Gasteiger partial charge in [-0.25, -0.2) is 0 Å². The Balaban J connectivity index is 1.72. The molecule has 0 aromatic heterocycles. The van der Waals surface area contributed by atoms with Crippen LogP contribution >= 0.6 is 11.8 Å². The maximum Gasteiger partial charge on any atom is 0.255 e. The van der Waals surface area contributed by atoms with Crippen molar-refractivity contribution in [3.05, 3.63) is 84.4 Å². The number of carbonyl (C=O) groups is 1. The molecular weight excluding hydrogens is 302 g/mol. The highest BCUT2D eigenvalue weighted by Crippen LogP contribution is 2.21. The van der Waals surface area contributed by atoms with E-state index in [1.165, 1.54) is 4.90 Å². The van der Waals surface area contributed by atoms with Gasteiger partial charge in [-0.1, -0.05) is 42.5 Å². The summed E-state index contributed by atoms with van der Waals surface area (Å²) in [5.74, 6) is -0.0958. The second kappa shape index (κ2) is 7.16. The fourth-order valence-corrected chi connectivity index (χ4v) is 2.73. The zero-order valence-electron chi connectivity index (χ0n) is 12.8. The molecule has 3 rings (SSSR count). The maximum atomic E-state index is 12.3. The molecule has 3 heteroatoms. The van der Waals surface area contributed by atoms with Crippen molar-refractivity contribution in [2.45, 2.75) is 4.90 Å². The molecule has 1 N–H and O–H groups in total. The third-order valence-electron chi connectivity index (χ3n) is 3.60. The Labute approximate surface area is 140 Å². The predicted octanol–water partition coefficient (Wildman–Crippen LogP) is 5.33. The summed E-state index contributed by atoms with van der Waals surface area (Å²) in [7, 11) is 0. The summed E-state index contributed by atoms with van der Waals surface area (Å²) >= 11 is 1.68. The van der Waals surface area contributed by atoms with E-state index in [4.69, 9.17) is 0 Å². The minimum Gasteiger partial charge on any atom is -0.322 e. The minimum atomic E-state index is -0.0958. The standard InChI is InChI=1S/C20H17NOS/c1-23-19-13-11-18(12-14-19)21-20(22)17-9-7-16(8-10-17)15-5-3-2-4-6-15/h2-14H,1H3,(H,21,22). The second-order valence-corrected chi connectivity index (χ2v) is 6.01. The van der Waals surface area contributed by atoms with Crippen LogP contribution in [0, 0.1) is 0 Å². The Hall–Kier alpha value is -2.52. The van der Waals surface area contributed by atoms with Crippen LogP contribution < -0.4 is 5.32 Å². The lowest BCUT2D eigenvalue weighted by molar-refractivity contribution is 0.102. The molecular formula is C20H17NOS. The van der Waals surface area contributed by atoms with Gasteiger partial charge in [-0.15, -0.1) is 11.8 Å². The summed E-state index contributed by atoms with van der Waals surface area (Å²) in [6.45, 7) is 0. The van der Waals surface area contributed by atoms with Gasteiger partial charge in [0.05, 0.1) is 0 Å². The molecule has 3 aromatic rings. The van der Waals surface area contributed by atoms with Gasteiger partial charge in [-0.2, -0.15) is 0 Å². The van der Waals surface area contributed by atoms with Crippen molar-refractivity contribution in [2.75, 3.05) is 11.6 Å². The Bertz CT molecular complexity index is 780. The third kappa shape index (κ3) is 3.82. The molecule has 0 bridgehead atoms. The Morgan fingerprint density at radius 3 is 2.00 bits per heavy atom. The monoisotopic (exact) mass is 319 g/mol. The van der Waals surface area contributed by atoms with Crippen LogP contribution in [0.15, 0.2) is 83.8 Å². The first-order chi connectivity index (χ1) is 11.3. The second-order valence-electron chi connectivity index (χ2n) is 5.13. The highest BCUT2D eigenvalue weighted by molar-refractivity contribution is 7.98. The number of benzene rings is 3. The summed E-state index contributed by atoms with van der Waals surface area (Å²) in [5, 5.41) is 2.92. The number of thioether (sulfide) groups is 1. The molecule has 23 heavy (non-hydrogen) atoms. The van der Waals surface area contributed by atoms with Gasteiger partial charge in [-0.3, -0.25) is 4.79 Å². The molecule has 0 unspecified atom stereocenters. The molecule has 0 fully saturated rings. The van der Waals surface area contributed by atoms with Gasteiger partial charge in [-0.05, 0) is 53.8 Å². The van der Waals surface area contributed by atoms with Gasteiger partial charge in [0.2, 0.25) is 0 Å². The Morgan fingerprint density at radius 2 is 1.39 bits per heavy atom. The van der Waals surface area contributed by atoms with Crippen LogP contribution in [0.5, 0.6) is 0 Å². The lowest BCUT2D eigenvalue weighted by Gasteiger charge is -2.07. The quantitative estimate of drug-likeness (QED) is 0.659. The Kier molecular flexibility index (Phi) is 4.79. The molecule has 0 heterocycles. The zero-order valence-corrected chi connectivity index (χ0v) is 13.6. The minimum absolute atomic E-state index is 0.0958. The largest absolute Gasteiger partial charge is 0.322 e.